The van der Waals surface area contributed by atoms with Gasteiger partial charge in [-0.25, -0.2) is 10.0 Å². The molecular formula is C10H14Cl2S. The number of hydrogen-bond donors (Lipinski definition) is 0. The summed E-state index contributed by atoms with van der Waals surface area (Å²) in [6.45, 7) is 2.00. The molecule has 0 unspecified atom stereocenters. The van der Waals surface area contributed by atoms with Crippen LogP contribution in [0.5, 0.6) is 0 Å². The van der Waals surface area contributed by atoms with Crippen LogP contribution in [0.4, 0.5) is 0 Å². The van der Waals surface area contributed by atoms with Crippen molar-refractivity contribution in [3.05, 3.63) is 27.7 Å². The van der Waals surface area contributed by atoms with E-state index in [9.17, 15) is 0 Å². The van der Waals surface area contributed by atoms with Crippen molar-refractivity contribution in [2.45, 2.75) is 11.8 Å². The summed E-state index contributed by atoms with van der Waals surface area (Å²) in [5.41, 5.74) is 1.11. The standard InChI is InChI=1S/C10H14Cl2S/c1-7-5-8(11)10(9(12)6-7)13(2,3)4/h5-6H,1-4H3. The number of halogens is 2. The Morgan fingerprint density at radius 1 is 1.00 bits per heavy atom. The summed E-state index contributed by atoms with van der Waals surface area (Å²) in [4.78, 5) is 1.11. The highest BCUT2D eigenvalue weighted by molar-refractivity contribution is 8.32. The van der Waals surface area contributed by atoms with E-state index in [0.717, 1.165) is 20.5 Å². The largest absolute Gasteiger partial charge is 0.221 e. The van der Waals surface area contributed by atoms with Gasteiger partial charge >= 0.3 is 0 Å². The molecule has 0 fully saturated rings. The fourth-order valence-corrected chi connectivity index (χ4v) is 4.54. The average molecular weight is 237 g/mol. The van der Waals surface area contributed by atoms with Crippen molar-refractivity contribution in [2.75, 3.05) is 18.8 Å². The minimum absolute atomic E-state index is 0.799. The van der Waals surface area contributed by atoms with E-state index in [1.54, 1.807) is 0 Å². The third-order valence-electron chi connectivity index (χ3n) is 1.75. The van der Waals surface area contributed by atoms with E-state index in [2.05, 4.69) is 18.8 Å². The maximum atomic E-state index is 6.16. The Morgan fingerprint density at radius 3 is 1.69 bits per heavy atom. The number of hydrogen-bond acceptors (Lipinski definition) is 0. The summed E-state index contributed by atoms with van der Waals surface area (Å²) in [6, 6.07) is 3.95. The van der Waals surface area contributed by atoms with Crippen molar-refractivity contribution in [1.82, 2.24) is 0 Å². The molecule has 1 aromatic rings. The molecule has 1 rings (SSSR count). The zero-order chi connectivity index (χ0) is 10.2. The molecule has 0 aromatic heterocycles. The molecular weight excluding hydrogens is 223 g/mol. The topological polar surface area (TPSA) is 0 Å². The third-order valence-corrected chi connectivity index (χ3v) is 4.24. The molecule has 0 saturated carbocycles. The van der Waals surface area contributed by atoms with Crippen LogP contribution in [-0.4, -0.2) is 18.8 Å². The maximum Gasteiger partial charge on any atom is 0.0544 e. The van der Waals surface area contributed by atoms with Gasteiger partial charge in [0, 0.05) is 4.90 Å². The second kappa shape index (κ2) is 3.72. The Hall–Kier alpha value is 0.150. The van der Waals surface area contributed by atoms with Crippen LogP contribution in [0.15, 0.2) is 17.0 Å². The van der Waals surface area contributed by atoms with Gasteiger partial charge in [0.2, 0.25) is 0 Å². The van der Waals surface area contributed by atoms with Gasteiger partial charge in [-0.1, -0.05) is 23.2 Å². The first-order valence-corrected chi connectivity index (χ1v) is 7.58. The SMILES string of the molecule is Cc1cc(Cl)c(S(C)(C)C)c(Cl)c1. The maximum absolute atomic E-state index is 6.16. The molecule has 0 radical (unpaired) electrons. The third kappa shape index (κ3) is 2.55. The molecule has 0 N–H and O–H groups in total. The van der Waals surface area contributed by atoms with E-state index < -0.39 is 10.0 Å². The highest BCUT2D eigenvalue weighted by Gasteiger charge is 2.16. The Labute approximate surface area is 91.6 Å². The summed E-state index contributed by atoms with van der Waals surface area (Å²) < 4.78 is 0. The van der Waals surface area contributed by atoms with E-state index >= 15 is 0 Å². The summed E-state index contributed by atoms with van der Waals surface area (Å²) in [5, 5.41) is 1.60. The molecule has 0 amide bonds. The van der Waals surface area contributed by atoms with Crippen molar-refractivity contribution in [1.29, 1.82) is 0 Å². The van der Waals surface area contributed by atoms with Gasteiger partial charge in [0.15, 0.2) is 0 Å². The summed E-state index contributed by atoms with van der Waals surface area (Å²) in [6.07, 6.45) is 6.57. The monoisotopic (exact) mass is 236 g/mol. The fraction of sp³-hybridized carbons (Fsp3) is 0.400. The molecule has 0 aliphatic carbocycles. The van der Waals surface area contributed by atoms with Crippen LogP contribution in [0.3, 0.4) is 0 Å². The highest BCUT2D eigenvalue weighted by atomic mass is 35.5. The van der Waals surface area contributed by atoms with Gasteiger partial charge in [-0.15, -0.1) is 0 Å². The first kappa shape index (κ1) is 11.2. The summed E-state index contributed by atoms with van der Waals surface area (Å²) >= 11 is 12.3. The first-order valence-electron chi connectivity index (χ1n) is 3.96. The van der Waals surface area contributed by atoms with Crippen molar-refractivity contribution in [3.8, 4) is 0 Å². The highest BCUT2D eigenvalue weighted by Crippen LogP contribution is 2.52. The van der Waals surface area contributed by atoms with Crippen molar-refractivity contribution in [3.63, 3.8) is 0 Å². The van der Waals surface area contributed by atoms with Gasteiger partial charge in [-0.3, -0.25) is 0 Å². The Balaban J connectivity index is 3.38. The molecule has 0 heterocycles. The molecule has 1 aromatic carbocycles. The lowest BCUT2D eigenvalue weighted by Crippen LogP contribution is -1.95. The average Bonchev–Trinajstić information content (AvgIpc) is 1.78. The van der Waals surface area contributed by atoms with E-state index in [4.69, 9.17) is 23.2 Å². The second-order valence-corrected chi connectivity index (χ2v) is 8.79. The van der Waals surface area contributed by atoms with Gasteiger partial charge in [0.1, 0.15) is 0 Å². The van der Waals surface area contributed by atoms with Gasteiger partial charge in [0.05, 0.1) is 10.0 Å². The lowest BCUT2D eigenvalue weighted by molar-refractivity contribution is 1.36. The van der Waals surface area contributed by atoms with Gasteiger partial charge in [-0.05, 0) is 43.4 Å². The van der Waals surface area contributed by atoms with Crippen LogP contribution in [0.1, 0.15) is 5.56 Å². The van der Waals surface area contributed by atoms with Crippen molar-refractivity contribution in [2.24, 2.45) is 0 Å². The lowest BCUT2D eigenvalue weighted by atomic mass is 10.2. The molecule has 0 aliphatic heterocycles. The lowest BCUT2D eigenvalue weighted by Gasteiger charge is -2.28. The van der Waals surface area contributed by atoms with Crippen LogP contribution in [0.2, 0.25) is 10.0 Å². The molecule has 0 nitrogen and oxygen atoms in total. The van der Waals surface area contributed by atoms with Gasteiger partial charge < -0.3 is 0 Å². The number of benzene rings is 1. The molecule has 0 saturated heterocycles. The van der Waals surface area contributed by atoms with Crippen LogP contribution >= 0.6 is 33.2 Å². The van der Waals surface area contributed by atoms with E-state index in [0.29, 0.717) is 0 Å². The van der Waals surface area contributed by atoms with Crippen LogP contribution in [0.25, 0.3) is 0 Å². The molecule has 0 spiro atoms. The summed E-state index contributed by atoms with van der Waals surface area (Å²) in [7, 11) is -0.845. The molecule has 3 heteroatoms. The minimum atomic E-state index is -0.845. The molecule has 0 atom stereocenters. The zero-order valence-corrected chi connectivity index (χ0v) is 10.6. The smallest absolute Gasteiger partial charge is 0.0544 e. The molecule has 74 valence electrons. The van der Waals surface area contributed by atoms with Crippen molar-refractivity contribution < 1.29 is 0 Å². The Morgan fingerprint density at radius 2 is 1.38 bits per heavy atom. The van der Waals surface area contributed by atoms with Crippen LogP contribution in [-0.2, 0) is 0 Å². The number of aryl methyl sites for hydroxylation is 1. The van der Waals surface area contributed by atoms with Crippen LogP contribution < -0.4 is 0 Å². The van der Waals surface area contributed by atoms with E-state index in [-0.39, 0.29) is 0 Å². The second-order valence-electron chi connectivity index (χ2n) is 3.89. The van der Waals surface area contributed by atoms with Crippen molar-refractivity contribution >= 4 is 33.2 Å². The predicted molar refractivity (Wildman–Crippen MR) is 64.8 cm³/mol. The van der Waals surface area contributed by atoms with E-state index in [1.807, 2.05) is 19.1 Å². The van der Waals surface area contributed by atoms with Gasteiger partial charge in [-0.2, -0.15) is 0 Å². The minimum Gasteiger partial charge on any atom is -0.221 e. The van der Waals surface area contributed by atoms with E-state index in [1.165, 1.54) is 0 Å². The normalized spacial score (nSPS) is 13.1. The summed E-state index contributed by atoms with van der Waals surface area (Å²) in [5.74, 6) is 0. The molecule has 0 aliphatic rings. The first-order chi connectivity index (χ1) is 5.82. The van der Waals surface area contributed by atoms with Gasteiger partial charge in [0.25, 0.3) is 0 Å². The Bertz CT molecular complexity index is 303. The molecule has 13 heavy (non-hydrogen) atoms. The quantitative estimate of drug-likeness (QED) is 0.681. The van der Waals surface area contributed by atoms with Crippen LogP contribution in [0, 0.1) is 6.92 Å². The zero-order valence-electron chi connectivity index (χ0n) is 8.32. The Kier molecular flexibility index (Phi) is 3.21. The fourth-order valence-electron chi connectivity index (χ4n) is 1.27. The number of rotatable bonds is 1. The predicted octanol–water partition coefficient (Wildman–Crippen LogP) is 4.35. The molecule has 0 bridgehead atoms.